The molecule has 0 unspecified atom stereocenters. The van der Waals surface area contributed by atoms with Crippen molar-refractivity contribution in [1.82, 2.24) is 0 Å². The average Bonchev–Trinajstić information content (AvgIpc) is 2.77. The quantitative estimate of drug-likeness (QED) is 0.487. The van der Waals surface area contributed by atoms with E-state index in [1.54, 1.807) is 16.7 Å². The van der Waals surface area contributed by atoms with E-state index in [-0.39, 0.29) is 17.4 Å². The molecule has 0 spiro atoms. The van der Waals surface area contributed by atoms with E-state index < -0.39 is 0 Å². The van der Waals surface area contributed by atoms with Gasteiger partial charge in [-0.1, -0.05) is 32.6 Å². The van der Waals surface area contributed by atoms with Crippen molar-refractivity contribution >= 4 is 11.6 Å². The summed E-state index contributed by atoms with van der Waals surface area (Å²) in [5.41, 5.74) is 0.702. The molecule has 1 aromatic carbocycles. The largest absolute Gasteiger partial charge is 0.573 e. The van der Waals surface area contributed by atoms with Gasteiger partial charge < -0.3 is 14.4 Å². The Morgan fingerprint density at radius 2 is 2.11 bits per heavy atom. The Hall–Kier alpha value is -1.68. The number of rotatable bonds is 6. The number of benzene rings is 1. The molecule has 1 atom stereocenters. The fourth-order valence-electron chi connectivity index (χ4n) is 2.16. The minimum absolute atomic E-state index is 0.0422. The summed E-state index contributed by atoms with van der Waals surface area (Å²) in [5, 5.41) is 10.1. The van der Waals surface area contributed by atoms with E-state index in [4.69, 9.17) is 4.74 Å². The molecular formula is C15H20NO3-. The van der Waals surface area contributed by atoms with Gasteiger partial charge in [0.2, 0.25) is 0 Å². The Labute approximate surface area is 113 Å². The first-order valence-corrected chi connectivity index (χ1v) is 6.83. The van der Waals surface area contributed by atoms with E-state index >= 15 is 0 Å². The monoisotopic (exact) mass is 262 g/mol. The van der Waals surface area contributed by atoms with Crippen molar-refractivity contribution in [3.63, 3.8) is 0 Å². The van der Waals surface area contributed by atoms with E-state index in [9.17, 15) is 9.90 Å². The summed E-state index contributed by atoms with van der Waals surface area (Å²) in [5.74, 6) is 0.204. The Morgan fingerprint density at radius 1 is 1.37 bits per heavy atom. The molecule has 0 amide bonds. The number of nitrogens with zero attached hydrogens (tertiary/aromatic N) is 1. The zero-order valence-electron chi connectivity index (χ0n) is 11.2. The predicted octanol–water partition coefficient (Wildman–Crippen LogP) is 2.85. The second-order valence-electron chi connectivity index (χ2n) is 4.80. The van der Waals surface area contributed by atoms with Crippen LogP contribution in [0.15, 0.2) is 29.1 Å². The minimum Gasteiger partial charge on any atom is -0.573 e. The molecule has 4 nitrogen and oxygen atoms in total. The van der Waals surface area contributed by atoms with Crippen molar-refractivity contribution in [3.05, 3.63) is 41.2 Å². The van der Waals surface area contributed by atoms with Gasteiger partial charge in [-0.05, 0) is 24.2 Å². The maximum absolute atomic E-state index is 11.1. The van der Waals surface area contributed by atoms with Gasteiger partial charge in [0.25, 0.3) is 0 Å². The van der Waals surface area contributed by atoms with Crippen LogP contribution in [0.5, 0.6) is 0 Å². The standard InChI is InChI=1S/C15H20NO3/c1-2-3-4-5-6-14-15(18)16(11-19-14)12-7-9-13(17)10-8-12/h7-11,14,18H,2-6H2,1H3/q-1/t14-/m1/s1. The van der Waals surface area contributed by atoms with Crippen molar-refractivity contribution in [2.24, 2.45) is 0 Å². The minimum atomic E-state index is -0.260. The Bertz CT molecular complexity index is 484. The molecule has 1 aliphatic rings. The highest BCUT2D eigenvalue weighted by Gasteiger charge is 2.18. The first-order chi connectivity index (χ1) is 9.22. The van der Waals surface area contributed by atoms with Crippen molar-refractivity contribution < 1.29 is 14.4 Å². The van der Waals surface area contributed by atoms with E-state index in [1.165, 1.54) is 31.7 Å². The summed E-state index contributed by atoms with van der Waals surface area (Å²) >= 11 is 0. The molecular weight excluding hydrogens is 242 g/mol. The summed E-state index contributed by atoms with van der Waals surface area (Å²) < 4.78 is 7.07. The topological polar surface area (TPSA) is 49.5 Å². The molecule has 0 saturated carbocycles. The van der Waals surface area contributed by atoms with Crippen LogP contribution in [0.3, 0.4) is 0 Å². The van der Waals surface area contributed by atoms with Crippen LogP contribution in [0.4, 0.5) is 5.69 Å². The van der Waals surface area contributed by atoms with Gasteiger partial charge in [0.1, 0.15) is 5.90 Å². The fraction of sp³-hybridized carbons (Fsp3) is 0.467. The SMILES string of the molecule is CCCCCC[C@H]1O[CH-][N+]([c-]2ccc(=O)cc2)=C1O. The van der Waals surface area contributed by atoms with E-state index in [2.05, 4.69) is 6.92 Å². The highest BCUT2D eigenvalue weighted by molar-refractivity contribution is 5.76. The van der Waals surface area contributed by atoms with E-state index in [0.29, 0.717) is 0 Å². The number of hydrogen-bond donors (Lipinski definition) is 1. The zero-order chi connectivity index (χ0) is 13.7. The van der Waals surface area contributed by atoms with Crippen LogP contribution in [-0.2, 0) is 4.74 Å². The summed E-state index contributed by atoms with van der Waals surface area (Å²) in [6.07, 6.45) is 5.17. The number of aliphatic hydroxyl groups is 1. The number of unbranched alkanes of at least 4 members (excludes halogenated alkanes) is 3. The number of aliphatic hydroxyl groups excluding tert-OH is 1. The molecule has 1 N–H and O–H groups in total. The second kappa shape index (κ2) is 6.48. The first-order valence-electron chi connectivity index (χ1n) is 6.83. The molecule has 1 aliphatic heterocycles. The molecule has 0 aromatic heterocycles. The third-order valence-corrected chi connectivity index (χ3v) is 3.30. The lowest BCUT2D eigenvalue weighted by atomic mass is 10.1. The van der Waals surface area contributed by atoms with Gasteiger partial charge in [0.05, 0.1) is 12.8 Å². The third kappa shape index (κ3) is 3.41. The van der Waals surface area contributed by atoms with Gasteiger partial charge in [-0.3, -0.25) is 4.79 Å². The summed E-state index contributed by atoms with van der Waals surface area (Å²) in [6, 6.07) is 6.31. The molecule has 1 aromatic rings. The van der Waals surface area contributed by atoms with Gasteiger partial charge >= 0.3 is 0 Å². The second-order valence-corrected chi connectivity index (χ2v) is 4.80. The first kappa shape index (κ1) is 13.7. The summed E-state index contributed by atoms with van der Waals surface area (Å²) in [7, 11) is 0. The average molecular weight is 262 g/mol. The smallest absolute Gasteiger partial charge is 0.175 e. The Balaban J connectivity index is 1.99. The van der Waals surface area contributed by atoms with Gasteiger partial charge in [-0.15, -0.1) is 12.1 Å². The molecule has 4 heteroatoms. The van der Waals surface area contributed by atoms with Crippen LogP contribution >= 0.6 is 0 Å². The molecule has 0 saturated heterocycles. The maximum Gasteiger partial charge on any atom is 0.175 e. The van der Waals surface area contributed by atoms with Crippen molar-refractivity contribution in [1.29, 1.82) is 0 Å². The molecule has 0 aliphatic carbocycles. The fourth-order valence-corrected chi connectivity index (χ4v) is 2.16. The molecule has 0 bridgehead atoms. The normalized spacial score (nSPS) is 18.7. The highest BCUT2D eigenvalue weighted by Crippen LogP contribution is 2.21. The lowest BCUT2D eigenvalue weighted by molar-refractivity contribution is -0.425. The predicted molar refractivity (Wildman–Crippen MR) is 73.8 cm³/mol. The third-order valence-electron chi connectivity index (χ3n) is 3.30. The van der Waals surface area contributed by atoms with E-state index in [1.807, 2.05) is 0 Å². The Kier molecular flexibility index (Phi) is 4.68. The maximum atomic E-state index is 11.1. The number of ether oxygens (including phenoxy) is 1. The van der Waals surface area contributed by atoms with Crippen LogP contribution < -0.4 is 5.43 Å². The van der Waals surface area contributed by atoms with Gasteiger partial charge in [0, 0.05) is 0 Å². The molecule has 19 heavy (non-hydrogen) atoms. The molecule has 0 fully saturated rings. The van der Waals surface area contributed by atoms with E-state index in [0.717, 1.165) is 24.9 Å². The van der Waals surface area contributed by atoms with Gasteiger partial charge in [-0.2, -0.15) is 0 Å². The van der Waals surface area contributed by atoms with Crippen LogP contribution in [0.25, 0.3) is 0 Å². The summed E-state index contributed by atoms with van der Waals surface area (Å²) in [4.78, 5) is 11.1. The van der Waals surface area contributed by atoms with Crippen LogP contribution in [-0.4, -0.2) is 21.7 Å². The molecule has 104 valence electrons. The van der Waals surface area contributed by atoms with Crippen LogP contribution in [0, 0.1) is 6.73 Å². The molecule has 1 heterocycles. The van der Waals surface area contributed by atoms with Crippen molar-refractivity contribution in [2.45, 2.75) is 45.1 Å². The van der Waals surface area contributed by atoms with Crippen LogP contribution in [0.1, 0.15) is 39.0 Å². The Morgan fingerprint density at radius 3 is 2.79 bits per heavy atom. The lowest BCUT2D eigenvalue weighted by Gasteiger charge is -2.15. The van der Waals surface area contributed by atoms with Gasteiger partial charge in [0.15, 0.2) is 5.43 Å². The summed E-state index contributed by atoms with van der Waals surface area (Å²) in [6.45, 7) is 3.69. The molecule has 0 radical (unpaired) electrons. The van der Waals surface area contributed by atoms with Crippen LogP contribution in [0.2, 0.25) is 0 Å². The lowest BCUT2D eigenvalue weighted by Crippen LogP contribution is -2.20. The molecule has 2 rings (SSSR count). The number of hydrogen-bond acceptors (Lipinski definition) is 2. The van der Waals surface area contributed by atoms with Gasteiger partial charge in [-0.25, -0.2) is 0 Å². The van der Waals surface area contributed by atoms with Crippen molar-refractivity contribution in [2.75, 3.05) is 0 Å². The zero-order valence-corrected chi connectivity index (χ0v) is 11.2. The van der Waals surface area contributed by atoms with Crippen molar-refractivity contribution in [3.8, 4) is 0 Å². The highest BCUT2D eigenvalue weighted by atomic mass is 16.5.